The summed E-state index contributed by atoms with van der Waals surface area (Å²) in [6.07, 6.45) is 2.05. The van der Waals surface area contributed by atoms with Gasteiger partial charge in [-0.3, -0.25) is 0 Å². The third-order valence-corrected chi connectivity index (χ3v) is 2.30. The molecule has 2 rings (SSSR count). The van der Waals surface area contributed by atoms with Crippen LogP contribution in [0.2, 0.25) is 0 Å². The molecule has 0 fully saturated rings. The highest BCUT2D eigenvalue weighted by Gasteiger charge is 2.05. The minimum Gasteiger partial charge on any atom is -0.374 e. The molecule has 1 aromatic carbocycles. The number of hydrogen-bond acceptors (Lipinski definition) is 1. The first kappa shape index (κ1) is 10.2. The van der Waals surface area contributed by atoms with Crippen LogP contribution in [0.3, 0.4) is 0 Å². The van der Waals surface area contributed by atoms with Crippen LogP contribution < -0.4 is 0 Å². The molecule has 0 bridgehead atoms. The van der Waals surface area contributed by atoms with E-state index in [-0.39, 0.29) is 11.9 Å². The summed E-state index contributed by atoms with van der Waals surface area (Å²) < 4.78 is 18.5. The highest BCUT2D eigenvalue weighted by Crippen LogP contribution is 2.20. The summed E-state index contributed by atoms with van der Waals surface area (Å²) in [6.45, 7) is 4.48. The molecule has 0 aliphatic rings. The summed E-state index contributed by atoms with van der Waals surface area (Å²) in [5.41, 5.74) is 1.94. The molecule has 0 saturated heterocycles. The third-order valence-electron chi connectivity index (χ3n) is 2.30. The first-order valence-corrected chi connectivity index (χ1v) is 5.04. The van der Waals surface area contributed by atoms with Crippen LogP contribution in [0.5, 0.6) is 0 Å². The molecule has 1 heterocycles. The summed E-state index contributed by atoms with van der Waals surface area (Å²) in [5, 5.41) is 0.899. The van der Waals surface area contributed by atoms with Crippen LogP contribution in [0.15, 0.2) is 24.4 Å². The number of nitrogens with one attached hydrogen (secondary N) is 1. The van der Waals surface area contributed by atoms with Crippen molar-refractivity contribution in [3.8, 4) is 0 Å². The monoisotopic (exact) mass is 207 g/mol. The van der Waals surface area contributed by atoms with Gasteiger partial charge in [0.15, 0.2) is 0 Å². The van der Waals surface area contributed by atoms with Gasteiger partial charge in [0.1, 0.15) is 5.82 Å². The van der Waals surface area contributed by atoms with E-state index in [1.807, 2.05) is 20.0 Å². The number of aromatic nitrogens is 1. The van der Waals surface area contributed by atoms with Gasteiger partial charge >= 0.3 is 0 Å². The number of aromatic amines is 1. The summed E-state index contributed by atoms with van der Waals surface area (Å²) in [4.78, 5) is 3.09. The van der Waals surface area contributed by atoms with Crippen molar-refractivity contribution >= 4 is 10.9 Å². The standard InChI is InChI=1S/C12H14FNO/c1-8(2)15-7-9-6-14-12-4-3-10(13)5-11(9)12/h3-6,8,14H,7H2,1-2H3. The zero-order chi connectivity index (χ0) is 10.8. The maximum Gasteiger partial charge on any atom is 0.123 e. The highest BCUT2D eigenvalue weighted by atomic mass is 19.1. The predicted octanol–water partition coefficient (Wildman–Crippen LogP) is 3.23. The fourth-order valence-electron chi connectivity index (χ4n) is 1.53. The molecule has 80 valence electrons. The van der Waals surface area contributed by atoms with E-state index < -0.39 is 0 Å². The molecular formula is C12H14FNO. The molecule has 0 radical (unpaired) electrons. The zero-order valence-corrected chi connectivity index (χ0v) is 8.88. The van der Waals surface area contributed by atoms with E-state index >= 15 is 0 Å². The van der Waals surface area contributed by atoms with E-state index in [1.54, 1.807) is 6.07 Å². The van der Waals surface area contributed by atoms with Gasteiger partial charge in [-0.05, 0) is 32.0 Å². The van der Waals surface area contributed by atoms with Crippen LogP contribution in [0.4, 0.5) is 4.39 Å². The molecule has 0 unspecified atom stereocenters. The molecule has 0 amide bonds. The van der Waals surface area contributed by atoms with E-state index in [2.05, 4.69) is 4.98 Å². The lowest BCUT2D eigenvalue weighted by Crippen LogP contribution is -2.01. The molecule has 2 aromatic rings. The van der Waals surface area contributed by atoms with Crippen molar-refractivity contribution in [1.29, 1.82) is 0 Å². The maximum absolute atomic E-state index is 13.0. The molecule has 0 aliphatic heterocycles. The Hall–Kier alpha value is -1.35. The molecule has 0 saturated carbocycles. The summed E-state index contributed by atoms with van der Waals surface area (Å²) >= 11 is 0. The van der Waals surface area contributed by atoms with Gasteiger partial charge in [0.05, 0.1) is 12.7 Å². The molecule has 2 nitrogen and oxygen atoms in total. The average Bonchev–Trinajstić information content (AvgIpc) is 2.57. The van der Waals surface area contributed by atoms with Crippen LogP contribution in [0, 0.1) is 5.82 Å². The number of benzene rings is 1. The molecular weight excluding hydrogens is 193 g/mol. The zero-order valence-electron chi connectivity index (χ0n) is 8.88. The minimum atomic E-state index is -0.215. The van der Waals surface area contributed by atoms with Crippen LogP contribution in [0.1, 0.15) is 19.4 Å². The first-order valence-electron chi connectivity index (χ1n) is 5.04. The van der Waals surface area contributed by atoms with Crippen LogP contribution >= 0.6 is 0 Å². The van der Waals surface area contributed by atoms with E-state index in [9.17, 15) is 4.39 Å². The van der Waals surface area contributed by atoms with Crippen LogP contribution in [-0.4, -0.2) is 11.1 Å². The summed E-state index contributed by atoms with van der Waals surface area (Å²) in [5.74, 6) is -0.215. The molecule has 0 atom stereocenters. The van der Waals surface area contributed by atoms with Gasteiger partial charge in [0.2, 0.25) is 0 Å². The maximum atomic E-state index is 13.0. The predicted molar refractivity (Wildman–Crippen MR) is 58.2 cm³/mol. The van der Waals surface area contributed by atoms with Crippen molar-refractivity contribution in [3.05, 3.63) is 35.8 Å². The Morgan fingerprint density at radius 3 is 2.93 bits per heavy atom. The second-order valence-corrected chi connectivity index (χ2v) is 3.86. The van der Waals surface area contributed by atoms with Gasteiger partial charge < -0.3 is 9.72 Å². The van der Waals surface area contributed by atoms with Crippen LogP contribution in [-0.2, 0) is 11.3 Å². The fraction of sp³-hybridized carbons (Fsp3) is 0.333. The number of rotatable bonds is 3. The SMILES string of the molecule is CC(C)OCc1c[nH]c2ccc(F)cc12. The van der Waals surface area contributed by atoms with Crippen molar-refractivity contribution in [2.75, 3.05) is 0 Å². The molecule has 1 N–H and O–H groups in total. The minimum absolute atomic E-state index is 0.184. The number of halogens is 1. The lowest BCUT2D eigenvalue weighted by atomic mass is 10.2. The Labute approximate surface area is 88.1 Å². The lowest BCUT2D eigenvalue weighted by molar-refractivity contribution is 0.0664. The van der Waals surface area contributed by atoms with E-state index in [0.29, 0.717) is 6.61 Å². The van der Waals surface area contributed by atoms with Gasteiger partial charge in [-0.2, -0.15) is 0 Å². The van der Waals surface area contributed by atoms with Crippen LogP contribution in [0.25, 0.3) is 10.9 Å². The Morgan fingerprint density at radius 1 is 1.40 bits per heavy atom. The second kappa shape index (κ2) is 4.03. The lowest BCUT2D eigenvalue weighted by Gasteiger charge is -2.05. The first-order chi connectivity index (χ1) is 7.16. The smallest absolute Gasteiger partial charge is 0.123 e. The Bertz CT molecular complexity index is 462. The topological polar surface area (TPSA) is 25.0 Å². The molecule has 0 aliphatic carbocycles. The van der Waals surface area contributed by atoms with Gasteiger partial charge in [0, 0.05) is 22.7 Å². The Kier molecular flexibility index (Phi) is 2.73. The van der Waals surface area contributed by atoms with Gasteiger partial charge in [-0.1, -0.05) is 0 Å². The van der Waals surface area contributed by atoms with Gasteiger partial charge in [-0.25, -0.2) is 4.39 Å². The number of H-pyrrole nitrogens is 1. The van der Waals surface area contributed by atoms with E-state index in [0.717, 1.165) is 16.5 Å². The summed E-state index contributed by atoms with van der Waals surface area (Å²) in [7, 11) is 0. The van der Waals surface area contributed by atoms with Crippen molar-refractivity contribution in [2.24, 2.45) is 0 Å². The molecule has 3 heteroatoms. The van der Waals surface area contributed by atoms with Crippen molar-refractivity contribution in [2.45, 2.75) is 26.6 Å². The normalized spacial score (nSPS) is 11.5. The van der Waals surface area contributed by atoms with Gasteiger partial charge in [0.25, 0.3) is 0 Å². The summed E-state index contributed by atoms with van der Waals surface area (Å²) in [6, 6.07) is 4.72. The van der Waals surface area contributed by atoms with Crippen molar-refractivity contribution in [1.82, 2.24) is 4.98 Å². The van der Waals surface area contributed by atoms with E-state index in [4.69, 9.17) is 4.74 Å². The average molecular weight is 207 g/mol. The largest absolute Gasteiger partial charge is 0.374 e. The molecule has 15 heavy (non-hydrogen) atoms. The van der Waals surface area contributed by atoms with E-state index in [1.165, 1.54) is 12.1 Å². The fourth-order valence-corrected chi connectivity index (χ4v) is 1.53. The molecule has 0 spiro atoms. The Balaban J connectivity index is 2.31. The number of hydrogen-bond donors (Lipinski definition) is 1. The number of ether oxygens (including phenoxy) is 1. The Morgan fingerprint density at radius 2 is 2.20 bits per heavy atom. The second-order valence-electron chi connectivity index (χ2n) is 3.86. The molecule has 1 aromatic heterocycles. The van der Waals surface area contributed by atoms with Gasteiger partial charge in [-0.15, -0.1) is 0 Å². The number of fused-ring (bicyclic) bond motifs is 1. The van der Waals surface area contributed by atoms with Crippen molar-refractivity contribution in [3.63, 3.8) is 0 Å². The third kappa shape index (κ3) is 2.18. The van der Waals surface area contributed by atoms with Crippen molar-refractivity contribution < 1.29 is 9.13 Å². The quantitative estimate of drug-likeness (QED) is 0.821. The highest BCUT2D eigenvalue weighted by molar-refractivity contribution is 5.83.